The Morgan fingerprint density at radius 2 is 0.912 bits per heavy atom. The molecule has 0 radical (unpaired) electrons. The zero-order chi connectivity index (χ0) is 38.2. The number of thioether (sulfide) groups is 1. The molecule has 1 unspecified atom stereocenters. The zero-order valence-corrected chi connectivity index (χ0v) is 32.6. The van der Waals surface area contributed by atoms with Crippen LogP contribution >= 0.6 is 23.5 Å². The molecule has 0 saturated carbocycles. The van der Waals surface area contributed by atoms with Crippen molar-refractivity contribution in [1.29, 1.82) is 0 Å². The van der Waals surface area contributed by atoms with Crippen molar-refractivity contribution in [2.45, 2.75) is 28.0 Å². The molecule has 0 fully saturated rings. The minimum atomic E-state index is -0.125. The molecule has 1 atom stereocenters. The molecule has 0 N–H and O–H groups in total. The molecular weight excluding hydrogens is 737 g/mol. The Kier molecular flexibility index (Phi) is 7.98. The van der Waals surface area contributed by atoms with E-state index in [0.29, 0.717) is 28.2 Å². The fourth-order valence-electron chi connectivity index (χ4n) is 8.47. The van der Waals surface area contributed by atoms with Gasteiger partial charge in [0.05, 0.1) is 22.8 Å². The predicted octanol–water partition coefficient (Wildman–Crippen LogP) is 13.8. The highest BCUT2D eigenvalue weighted by atomic mass is 32.2. The van der Waals surface area contributed by atoms with Crippen LogP contribution in [0, 0.1) is 5.92 Å². The van der Waals surface area contributed by atoms with Crippen molar-refractivity contribution in [1.82, 2.24) is 0 Å². The van der Waals surface area contributed by atoms with E-state index in [1.165, 1.54) is 31.0 Å². The summed E-state index contributed by atoms with van der Waals surface area (Å²) in [6.45, 7) is 2.27. The molecule has 7 aromatic carbocycles. The Bertz CT molecular complexity index is 2850. The maximum atomic E-state index is 14.1. The van der Waals surface area contributed by atoms with Gasteiger partial charge in [-0.2, -0.15) is 0 Å². The lowest BCUT2D eigenvalue weighted by Gasteiger charge is -2.36. The predicted molar refractivity (Wildman–Crippen MR) is 234 cm³/mol. The van der Waals surface area contributed by atoms with Gasteiger partial charge in [-0.1, -0.05) is 109 Å². The van der Waals surface area contributed by atoms with Crippen LogP contribution in [0.3, 0.4) is 0 Å². The Hall–Kier alpha value is -6.34. The quantitative estimate of drug-likeness (QED) is 0.177. The van der Waals surface area contributed by atoms with E-state index in [9.17, 15) is 9.59 Å². The van der Waals surface area contributed by atoms with Crippen LogP contribution in [0.25, 0.3) is 22.3 Å². The number of anilines is 5. The fourth-order valence-corrected chi connectivity index (χ4v) is 10.8. The highest BCUT2D eigenvalue weighted by molar-refractivity contribution is 8.03. The molecule has 0 bridgehead atoms. The summed E-state index contributed by atoms with van der Waals surface area (Å²) in [4.78, 5) is 37.8. The first-order valence-electron chi connectivity index (χ1n) is 19.2. The van der Waals surface area contributed by atoms with Crippen LogP contribution in [0.2, 0.25) is 0 Å². The lowest BCUT2D eigenvalue weighted by atomic mass is 9.81. The molecule has 2 aliphatic heterocycles. The average molecular weight is 771 g/mol. The number of hydrogen-bond donors (Lipinski definition) is 0. The van der Waals surface area contributed by atoms with Crippen molar-refractivity contribution in [2.24, 2.45) is 5.92 Å². The number of nitrogens with zero attached hydrogens (tertiary/aromatic N) is 2. The van der Waals surface area contributed by atoms with Crippen LogP contribution in [0.15, 0.2) is 195 Å². The summed E-state index contributed by atoms with van der Waals surface area (Å²) in [5.74, 6) is 0.263. The number of hydrogen-bond acceptors (Lipinski definition) is 6. The molecule has 2 heterocycles. The maximum Gasteiger partial charge on any atom is 0.194 e. The van der Waals surface area contributed by atoms with Crippen LogP contribution in [-0.4, -0.2) is 11.6 Å². The van der Waals surface area contributed by atoms with Gasteiger partial charge in [0.2, 0.25) is 0 Å². The molecule has 4 nitrogen and oxygen atoms in total. The van der Waals surface area contributed by atoms with E-state index >= 15 is 0 Å². The summed E-state index contributed by atoms with van der Waals surface area (Å²) in [6.07, 6.45) is 5.59. The van der Waals surface area contributed by atoms with E-state index < -0.39 is 0 Å². The monoisotopic (exact) mass is 770 g/mol. The SMILES string of the molecule is CC1C=CC2=C(C1)Sc1ccccc1N2c1ccc(-c2ccc3c(c2)C(=O)c2ccc(-c4ccc(N5c6ccccc6Sc6ccccc65)cc4)cc2C3=O)cc1. The first-order valence-corrected chi connectivity index (χ1v) is 20.8. The van der Waals surface area contributed by atoms with Gasteiger partial charge in [0, 0.05) is 53.2 Å². The van der Waals surface area contributed by atoms with Crippen LogP contribution in [-0.2, 0) is 0 Å². The highest BCUT2D eigenvalue weighted by Gasteiger charge is 2.32. The standard InChI is InChI=1S/C51H34N2O2S2/c1-31-14-27-45-49(28-31)57-48-13-7-4-10-44(48)53(45)37-23-17-33(18-24-37)35-20-26-39-41(30-35)51(55)38-25-19-34(29-40(38)50(39)54)32-15-21-36(22-16-32)52-42-8-2-5-11-46(42)56-47-12-6-3-9-43(47)52/h2-27,29-31H,28H2,1H3. The van der Waals surface area contributed by atoms with Crippen molar-refractivity contribution < 1.29 is 9.59 Å². The Morgan fingerprint density at radius 1 is 0.474 bits per heavy atom. The van der Waals surface area contributed by atoms with Crippen LogP contribution < -0.4 is 9.80 Å². The molecular formula is C51H34N2O2S2. The second kappa shape index (κ2) is 13.4. The normalized spacial score (nSPS) is 16.3. The van der Waals surface area contributed by atoms with Crippen LogP contribution in [0.5, 0.6) is 0 Å². The number of ketones is 2. The van der Waals surface area contributed by atoms with Crippen LogP contribution in [0.4, 0.5) is 28.4 Å². The lowest BCUT2D eigenvalue weighted by Crippen LogP contribution is -2.22. The van der Waals surface area contributed by atoms with Gasteiger partial charge in [-0.25, -0.2) is 0 Å². The third-order valence-electron chi connectivity index (χ3n) is 11.3. The number of benzene rings is 7. The van der Waals surface area contributed by atoms with E-state index in [-0.39, 0.29) is 11.6 Å². The molecule has 57 heavy (non-hydrogen) atoms. The summed E-state index contributed by atoms with van der Waals surface area (Å²) in [5.41, 5.74) is 12.4. The summed E-state index contributed by atoms with van der Waals surface area (Å²) in [7, 11) is 0. The molecule has 6 heteroatoms. The first-order chi connectivity index (χ1) is 28.0. The van der Waals surface area contributed by atoms with Gasteiger partial charge in [0.15, 0.2) is 11.6 Å². The van der Waals surface area contributed by atoms with Crippen molar-refractivity contribution in [3.63, 3.8) is 0 Å². The maximum absolute atomic E-state index is 14.1. The third-order valence-corrected chi connectivity index (χ3v) is 13.6. The number of fused-ring (bicyclic) bond motifs is 5. The summed E-state index contributed by atoms with van der Waals surface area (Å²) < 4.78 is 0. The topological polar surface area (TPSA) is 40.6 Å². The molecule has 0 saturated heterocycles. The molecule has 0 spiro atoms. The van der Waals surface area contributed by atoms with Crippen molar-refractivity contribution in [3.05, 3.63) is 203 Å². The number of carbonyl (C=O) groups excluding carboxylic acids is 2. The van der Waals surface area contributed by atoms with E-state index in [4.69, 9.17) is 0 Å². The fraction of sp³-hybridized carbons (Fsp3) is 0.0588. The Balaban J connectivity index is 0.874. The number of para-hydroxylation sites is 3. The summed E-state index contributed by atoms with van der Waals surface area (Å²) in [5, 5.41) is 0. The molecule has 7 aromatic rings. The molecule has 272 valence electrons. The number of allylic oxidation sites excluding steroid dienone is 3. The minimum absolute atomic E-state index is 0.125. The van der Waals surface area contributed by atoms with Gasteiger partial charge in [-0.05, 0) is 126 Å². The molecule has 11 rings (SSSR count). The summed E-state index contributed by atoms with van der Waals surface area (Å²) in [6, 6.07) is 53.8. The van der Waals surface area contributed by atoms with E-state index in [0.717, 1.165) is 51.4 Å². The molecule has 2 aliphatic carbocycles. The average Bonchev–Trinajstić information content (AvgIpc) is 3.26. The third kappa shape index (κ3) is 5.62. The zero-order valence-electron chi connectivity index (χ0n) is 31.0. The smallest absolute Gasteiger partial charge is 0.194 e. The highest BCUT2D eigenvalue weighted by Crippen LogP contribution is 2.52. The van der Waals surface area contributed by atoms with E-state index in [1.807, 2.05) is 48.2 Å². The second-order valence-corrected chi connectivity index (χ2v) is 17.1. The Labute approximate surface area is 340 Å². The minimum Gasteiger partial charge on any atom is -0.309 e. The van der Waals surface area contributed by atoms with E-state index in [2.05, 4.69) is 150 Å². The lowest BCUT2D eigenvalue weighted by molar-refractivity contribution is 0.0979. The van der Waals surface area contributed by atoms with Gasteiger partial charge in [0.25, 0.3) is 0 Å². The van der Waals surface area contributed by atoms with Crippen molar-refractivity contribution in [2.75, 3.05) is 9.80 Å². The molecule has 0 amide bonds. The molecule has 4 aliphatic rings. The first kappa shape index (κ1) is 34.0. The number of rotatable bonds is 4. The molecule has 0 aromatic heterocycles. The largest absolute Gasteiger partial charge is 0.309 e. The van der Waals surface area contributed by atoms with Gasteiger partial charge < -0.3 is 9.80 Å². The van der Waals surface area contributed by atoms with Gasteiger partial charge in [-0.15, -0.1) is 0 Å². The van der Waals surface area contributed by atoms with Crippen molar-refractivity contribution in [3.8, 4) is 22.3 Å². The van der Waals surface area contributed by atoms with Crippen LogP contribution in [0.1, 0.15) is 45.2 Å². The van der Waals surface area contributed by atoms with Gasteiger partial charge in [0.1, 0.15) is 0 Å². The van der Waals surface area contributed by atoms with Crippen molar-refractivity contribution >= 4 is 63.5 Å². The Morgan fingerprint density at radius 3 is 1.44 bits per heavy atom. The van der Waals surface area contributed by atoms with E-state index in [1.54, 1.807) is 11.8 Å². The summed E-state index contributed by atoms with van der Waals surface area (Å²) >= 11 is 3.67. The second-order valence-electron chi connectivity index (χ2n) is 14.9. The number of carbonyl (C=O) groups is 2. The van der Waals surface area contributed by atoms with Gasteiger partial charge in [-0.3, -0.25) is 9.59 Å². The van der Waals surface area contributed by atoms with Gasteiger partial charge >= 0.3 is 0 Å².